The van der Waals surface area contributed by atoms with Crippen LogP contribution in [0, 0.1) is 0 Å². The Morgan fingerprint density at radius 2 is 1.83 bits per heavy atom. The lowest BCUT2D eigenvalue weighted by Gasteiger charge is -2.26. The lowest BCUT2D eigenvalue weighted by Crippen LogP contribution is -2.39. The third-order valence-corrected chi connectivity index (χ3v) is 2.24. The van der Waals surface area contributed by atoms with Gasteiger partial charge >= 0.3 is 6.09 Å². The molecule has 1 fully saturated rings. The number of hydrogen-bond acceptors (Lipinski definition) is 2. The Kier molecular flexibility index (Phi) is 3.34. The normalized spacial score (nSPS) is 21.6. The van der Waals surface area contributed by atoms with Gasteiger partial charge in [0, 0.05) is 19.6 Å². The Bertz CT molecular complexity index is 161. The average Bonchev–Trinajstić information content (AvgIpc) is 1.97. The minimum Gasteiger partial charge on any atom is -0.465 e. The van der Waals surface area contributed by atoms with E-state index < -0.39 is 6.09 Å². The average molecular weight is 172 g/mol. The van der Waals surface area contributed by atoms with E-state index in [1.807, 2.05) is 7.05 Å². The lowest BCUT2D eigenvalue weighted by molar-refractivity contribution is 0.131. The quantitative estimate of drug-likeness (QED) is 0.584. The first kappa shape index (κ1) is 9.32. The highest BCUT2D eigenvalue weighted by molar-refractivity contribution is 5.64. The second kappa shape index (κ2) is 4.30. The van der Waals surface area contributed by atoms with E-state index in [0.717, 1.165) is 25.9 Å². The van der Waals surface area contributed by atoms with Crippen molar-refractivity contribution in [1.29, 1.82) is 0 Å². The molecule has 0 bridgehead atoms. The highest BCUT2D eigenvalue weighted by Gasteiger charge is 2.14. The number of hydrogen-bond donors (Lipinski definition) is 1. The smallest absolute Gasteiger partial charge is 0.407 e. The fourth-order valence-corrected chi connectivity index (χ4v) is 1.39. The molecule has 0 aromatic heterocycles. The molecule has 1 amide bonds. The van der Waals surface area contributed by atoms with Crippen LogP contribution in [0.25, 0.3) is 0 Å². The number of carbonyl (C=O) groups is 1. The van der Waals surface area contributed by atoms with Crippen LogP contribution in [0.1, 0.15) is 12.8 Å². The molecule has 4 nitrogen and oxygen atoms in total. The summed E-state index contributed by atoms with van der Waals surface area (Å²) in [6, 6.07) is 0. The Hall–Kier alpha value is -0.770. The van der Waals surface area contributed by atoms with Gasteiger partial charge in [0.1, 0.15) is 0 Å². The molecule has 0 radical (unpaired) electrons. The van der Waals surface area contributed by atoms with Gasteiger partial charge in [-0.05, 0) is 26.4 Å². The van der Waals surface area contributed by atoms with Crippen LogP contribution in [-0.4, -0.2) is 54.2 Å². The van der Waals surface area contributed by atoms with E-state index in [9.17, 15) is 4.79 Å². The first-order valence-electron chi connectivity index (χ1n) is 4.36. The summed E-state index contributed by atoms with van der Waals surface area (Å²) in [6.45, 7) is 3.29. The maximum absolute atomic E-state index is 10.6. The molecule has 1 N–H and O–H groups in total. The zero-order valence-electron chi connectivity index (χ0n) is 7.49. The number of amides is 1. The van der Waals surface area contributed by atoms with Crippen LogP contribution in [-0.2, 0) is 0 Å². The van der Waals surface area contributed by atoms with E-state index >= 15 is 0 Å². The molecule has 0 saturated carbocycles. The summed E-state index contributed by atoms with van der Waals surface area (Å²) in [7, 11) is 2.03. The van der Waals surface area contributed by atoms with Crippen molar-refractivity contribution in [1.82, 2.24) is 9.80 Å². The Morgan fingerprint density at radius 3 is 2.50 bits per heavy atom. The maximum Gasteiger partial charge on any atom is 0.407 e. The van der Waals surface area contributed by atoms with E-state index in [4.69, 9.17) is 5.11 Å². The van der Waals surface area contributed by atoms with Crippen molar-refractivity contribution in [2.75, 3.05) is 33.2 Å². The lowest BCUT2D eigenvalue weighted by atomic mass is 10.2. The molecule has 0 atom stereocenters. The summed E-state index contributed by atoms with van der Waals surface area (Å²) in [5.74, 6) is 0. The van der Waals surface area contributed by atoms with Gasteiger partial charge in [-0.2, -0.15) is 0 Å². The molecule has 0 aromatic carbocycles. The predicted molar refractivity (Wildman–Crippen MR) is 46.3 cm³/mol. The first-order chi connectivity index (χ1) is 5.70. The third-order valence-electron chi connectivity index (χ3n) is 2.24. The van der Waals surface area contributed by atoms with E-state index in [2.05, 4.69) is 4.90 Å². The fraction of sp³-hybridized carbons (Fsp3) is 0.875. The van der Waals surface area contributed by atoms with Crippen LogP contribution in [0.4, 0.5) is 4.79 Å². The zero-order chi connectivity index (χ0) is 8.97. The predicted octanol–water partition coefficient (Wildman–Crippen LogP) is 0.692. The number of rotatable bonds is 0. The van der Waals surface area contributed by atoms with Crippen molar-refractivity contribution in [3.05, 3.63) is 0 Å². The summed E-state index contributed by atoms with van der Waals surface area (Å²) in [5.41, 5.74) is 0. The van der Waals surface area contributed by atoms with Crippen molar-refractivity contribution < 1.29 is 9.90 Å². The number of carboxylic acid groups (broad SMARTS) is 1. The monoisotopic (exact) mass is 172 g/mol. The molecular weight excluding hydrogens is 156 g/mol. The van der Waals surface area contributed by atoms with Crippen molar-refractivity contribution in [2.45, 2.75) is 12.8 Å². The molecule has 0 aromatic rings. The van der Waals surface area contributed by atoms with Gasteiger partial charge < -0.3 is 14.9 Å². The number of nitrogens with zero attached hydrogens (tertiary/aromatic N) is 2. The Labute approximate surface area is 72.8 Å². The first-order valence-corrected chi connectivity index (χ1v) is 4.36. The van der Waals surface area contributed by atoms with Crippen LogP contribution in [0.5, 0.6) is 0 Å². The van der Waals surface area contributed by atoms with E-state index in [-0.39, 0.29) is 0 Å². The summed E-state index contributed by atoms with van der Waals surface area (Å²) >= 11 is 0. The molecule has 1 saturated heterocycles. The fourth-order valence-electron chi connectivity index (χ4n) is 1.39. The molecule has 1 heterocycles. The van der Waals surface area contributed by atoms with Gasteiger partial charge in [-0.15, -0.1) is 0 Å². The summed E-state index contributed by atoms with van der Waals surface area (Å²) < 4.78 is 0. The standard InChI is InChI=1S/C8H16N2O2/c1-9-4-2-3-5-10(7-6-9)8(11)12/h2-7H2,1H3,(H,11,12). The summed E-state index contributed by atoms with van der Waals surface area (Å²) in [6.07, 6.45) is 1.29. The molecule has 4 heteroatoms. The molecule has 12 heavy (non-hydrogen) atoms. The highest BCUT2D eigenvalue weighted by Crippen LogP contribution is 2.02. The van der Waals surface area contributed by atoms with Crippen LogP contribution < -0.4 is 0 Å². The van der Waals surface area contributed by atoms with Gasteiger partial charge in [-0.25, -0.2) is 4.79 Å². The zero-order valence-corrected chi connectivity index (χ0v) is 7.49. The minimum atomic E-state index is -0.787. The van der Waals surface area contributed by atoms with Crippen molar-refractivity contribution >= 4 is 6.09 Å². The van der Waals surface area contributed by atoms with Crippen LogP contribution in [0.3, 0.4) is 0 Å². The maximum atomic E-state index is 10.6. The molecule has 1 rings (SSSR count). The van der Waals surface area contributed by atoms with Gasteiger partial charge in [0.05, 0.1) is 0 Å². The van der Waals surface area contributed by atoms with Gasteiger partial charge in [0.25, 0.3) is 0 Å². The molecule has 1 aliphatic heterocycles. The Morgan fingerprint density at radius 1 is 1.17 bits per heavy atom. The topological polar surface area (TPSA) is 43.8 Å². The largest absolute Gasteiger partial charge is 0.465 e. The minimum absolute atomic E-state index is 0.645. The molecule has 1 aliphatic rings. The van der Waals surface area contributed by atoms with Crippen LogP contribution in [0.15, 0.2) is 0 Å². The molecule has 70 valence electrons. The van der Waals surface area contributed by atoms with E-state index in [1.54, 1.807) is 0 Å². The molecular formula is C8H16N2O2. The van der Waals surface area contributed by atoms with Crippen molar-refractivity contribution in [3.8, 4) is 0 Å². The van der Waals surface area contributed by atoms with Crippen molar-refractivity contribution in [2.24, 2.45) is 0 Å². The Balaban J connectivity index is 2.39. The van der Waals surface area contributed by atoms with E-state index in [0.29, 0.717) is 13.1 Å². The second-order valence-corrected chi connectivity index (χ2v) is 3.28. The van der Waals surface area contributed by atoms with Crippen LogP contribution >= 0.6 is 0 Å². The van der Waals surface area contributed by atoms with Gasteiger partial charge in [0.15, 0.2) is 0 Å². The SMILES string of the molecule is CN1CCCCN(C(=O)O)CC1. The molecule has 0 aliphatic carbocycles. The van der Waals surface area contributed by atoms with Gasteiger partial charge in [-0.3, -0.25) is 0 Å². The number of likely N-dealkylation sites (N-methyl/N-ethyl adjacent to an activating group) is 1. The molecule has 0 unspecified atom stereocenters. The highest BCUT2D eigenvalue weighted by atomic mass is 16.4. The van der Waals surface area contributed by atoms with Gasteiger partial charge in [-0.1, -0.05) is 0 Å². The second-order valence-electron chi connectivity index (χ2n) is 3.28. The van der Waals surface area contributed by atoms with Gasteiger partial charge in [0.2, 0.25) is 0 Å². The van der Waals surface area contributed by atoms with Crippen molar-refractivity contribution in [3.63, 3.8) is 0 Å². The van der Waals surface area contributed by atoms with Crippen LogP contribution in [0.2, 0.25) is 0 Å². The van der Waals surface area contributed by atoms with E-state index in [1.165, 1.54) is 4.90 Å². The molecule has 0 spiro atoms. The third kappa shape index (κ3) is 2.70. The summed E-state index contributed by atoms with van der Waals surface area (Å²) in [4.78, 5) is 14.3. The summed E-state index contributed by atoms with van der Waals surface area (Å²) in [5, 5.41) is 8.75.